The van der Waals surface area contributed by atoms with Gasteiger partial charge in [-0.1, -0.05) is 30.3 Å². The molecule has 0 saturated carbocycles. The summed E-state index contributed by atoms with van der Waals surface area (Å²) in [6, 6.07) is 13.2. The fourth-order valence-corrected chi connectivity index (χ4v) is 5.19. The van der Waals surface area contributed by atoms with E-state index in [2.05, 4.69) is 9.97 Å². The van der Waals surface area contributed by atoms with E-state index in [9.17, 15) is 14.7 Å². The molecule has 5 rings (SSSR count). The second-order valence-electron chi connectivity index (χ2n) is 11.1. The lowest BCUT2D eigenvalue weighted by Gasteiger charge is -2.40. The van der Waals surface area contributed by atoms with Gasteiger partial charge >= 0.3 is 12.2 Å². The normalized spacial score (nSPS) is 15.7. The van der Waals surface area contributed by atoms with E-state index in [0.717, 1.165) is 27.8 Å². The highest BCUT2D eigenvalue weighted by Crippen LogP contribution is 2.36. The Labute approximate surface area is 238 Å². The lowest BCUT2D eigenvalue weighted by atomic mass is 9.97. The van der Waals surface area contributed by atoms with Crippen molar-refractivity contribution >= 4 is 23.1 Å². The van der Waals surface area contributed by atoms with Gasteiger partial charge in [-0.2, -0.15) is 5.10 Å². The summed E-state index contributed by atoms with van der Waals surface area (Å²) in [6.45, 7) is 6.05. The van der Waals surface area contributed by atoms with Crippen LogP contribution >= 0.6 is 0 Å². The van der Waals surface area contributed by atoms with E-state index in [4.69, 9.17) is 14.6 Å². The van der Waals surface area contributed by atoms with E-state index < -0.39 is 23.8 Å². The molecule has 214 valence electrons. The summed E-state index contributed by atoms with van der Waals surface area (Å²) in [5, 5.41) is 15.5. The summed E-state index contributed by atoms with van der Waals surface area (Å²) in [7, 11) is 3.44. The molecule has 11 heteroatoms. The van der Waals surface area contributed by atoms with Crippen molar-refractivity contribution in [3.8, 4) is 28.3 Å². The van der Waals surface area contributed by atoms with Crippen LogP contribution in [0, 0.1) is 0 Å². The zero-order valence-electron chi connectivity index (χ0n) is 23.9. The van der Waals surface area contributed by atoms with Gasteiger partial charge in [0.1, 0.15) is 23.4 Å². The summed E-state index contributed by atoms with van der Waals surface area (Å²) >= 11 is 0. The summed E-state index contributed by atoms with van der Waals surface area (Å²) < 4.78 is 13.0. The Morgan fingerprint density at radius 2 is 1.83 bits per heavy atom. The second kappa shape index (κ2) is 11.1. The average Bonchev–Trinajstić information content (AvgIpc) is 3.33. The smallest absolute Gasteiger partial charge is 0.410 e. The van der Waals surface area contributed by atoms with E-state index >= 15 is 0 Å². The second-order valence-corrected chi connectivity index (χ2v) is 11.1. The molecule has 2 amide bonds. The molecule has 3 heterocycles. The molecule has 0 bridgehead atoms. The monoisotopic (exact) mass is 558 g/mol. The van der Waals surface area contributed by atoms with Crippen LogP contribution in [-0.4, -0.2) is 85.2 Å². The van der Waals surface area contributed by atoms with Crippen LogP contribution in [0.1, 0.15) is 26.3 Å². The Balaban J connectivity index is 1.55. The Kier molecular flexibility index (Phi) is 7.53. The SMILES string of the molecule is COc1cc2ncnc(-c3cn(C)nc3-c3ccccc3)c2cc1CC1CN(C(=O)OC(C)(C)C)CCN1C(=O)O. The maximum absolute atomic E-state index is 12.8. The Morgan fingerprint density at radius 3 is 2.51 bits per heavy atom. The van der Waals surface area contributed by atoms with Crippen LogP contribution in [0.25, 0.3) is 33.4 Å². The topological polar surface area (TPSA) is 123 Å². The first-order valence-electron chi connectivity index (χ1n) is 13.4. The number of carboxylic acid groups (broad SMARTS) is 1. The number of rotatable bonds is 5. The number of carbonyl (C=O) groups excluding carboxylic acids is 1. The molecule has 0 radical (unpaired) electrons. The summed E-state index contributed by atoms with van der Waals surface area (Å²) in [4.78, 5) is 37.1. The molecule has 1 unspecified atom stereocenters. The van der Waals surface area contributed by atoms with Gasteiger partial charge in [-0.25, -0.2) is 19.6 Å². The molecule has 1 aliphatic heterocycles. The van der Waals surface area contributed by atoms with E-state index in [1.165, 1.54) is 11.2 Å². The summed E-state index contributed by atoms with van der Waals surface area (Å²) in [5.41, 5.74) is 4.13. The summed E-state index contributed by atoms with van der Waals surface area (Å²) in [6.07, 6.45) is 2.27. The van der Waals surface area contributed by atoms with Crippen molar-refractivity contribution in [2.75, 3.05) is 26.7 Å². The van der Waals surface area contributed by atoms with Crippen molar-refractivity contribution < 1.29 is 24.2 Å². The minimum Gasteiger partial charge on any atom is -0.496 e. The molecule has 1 N–H and O–H groups in total. The molecule has 1 atom stereocenters. The Bertz CT molecular complexity index is 1580. The van der Waals surface area contributed by atoms with E-state index in [1.807, 2.05) is 55.7 Å². The highest BCUT2D eigenvalue weighted by atomic mass is 16.6. The quantitative estimate of drug-likeness (QED) is 0.369. The van der Waals surface area contributed by atoms with Gasteiger partial charge in [0.05, 0.1) is 24.4 Å². The number of carbonyl (C=O) groups is 2. The van der Waals surface area contributed by atoms with Crippen molar-refractivity contribution in [1.82, 2.24) is 29.5 Å². The molecule has 11 nitrogen and oxygen atoms in total. The van der Waals surface area contributed by atoms with Crippen LogP contribution in [0.5, 0.6) is 5.75 Å². The molecule has 0 spiro atoms. The number of ether oxygens (including phenoxy) is 2. The fraction of sp³-hybridized carbons (Fsp3) is 0.367. The molecule has 2 aromatic carbocycles. The molecular weight excluding hydrogens is 524 g/mol. The van der Waals surface area contributed by atoms with Crippen molar-refractivity contribution in [2.24, 2.45) is 7.05 Å². The maximum Gasteiger partial charge on any atom is 0.410 e. The van der Waals surface area contributed by atoms with E-state index in [-0.39, 0.29) is 19.6 Å². The number of aryl methyl sites for hydroxylation is 1. The lowest BCUT2D eigenvalue weighted by molar-refractivity contribution is 0.00536. The van der Waals surface area contributed by atoms with E-state index in [0.29, 0.717) is 23.4 Å². The zero-order valence-corrected chi connectivity index (χ0v) is 23.9. The molecule has 0 aliphatic carbocycles. The van der Waals surface area contributed by atoms with Gasteiger partial charge in [-0.05, 0) is 38.8 Å². The number of aromatic nitrogens is 4. The van der Waals surface area contributed by atoms with E-state index in [1.54, 1.807) is 37.5 Å². The minimum absolute atomic E-state index is 0.180. The molecule has 4 aromatic rings. The van der Waals surface area contributed by atoms with Crippen LogP contribution in [-0.2, 0) is 18.2 Å². The lowest BCUT2D eigenvalue weighted by Crippen LogP contribution is -2.57. The number of methoxy groups -OCH3 is 1. The van der Waals surface area contributed by atoms with Crippen LogP contribution in [0.3, 0.4) is 0 Å². The largest absolute Gasteiger partial charge is 0.496 e. The summed E-state index contributed by atoms with van der Waals surface area (Å²) in [5.74, 6) is 0.580. The van der Waals surface area contributed by atoms with Gasteiger partial charge < -0.3 is 24.4 Å². The molecule has 41 heavy (non-hydrogen) atoms. The molecule has 2 aromatic heterocycles. The number of benzene rings is 2. The third-order valence-corrected chi connectivity index (χ3v) is 7.00. The van der Waals surface area contributed by atoms with Crippen molar-refractivity contribution in [3.63, 3.8) is 0 Å². The standard InChI is InChI=1S/C30H34N6O5/c1-30(2,3)41-29(39)35-11-12-36(28(37)38)21(16-35)13-20-14-22-24(15-25(20)40-5)31-18-32-27(22)23-17-34(4)33-26(23)19-9-7-6-8-10-19/h6-10,14-15,17-18,21H,11-13,16H2,1-5H3,(H,37,38). The first-order chi connectivity index (χ1) is 19.5. The van der Waals surface area contributed by atoms with Crippen LogP contribution < -0.4 is 4.74 Å². The van der Waals surface area contributed by atoms with Crippen molar-refractivity contribution in [1.29, 1.82) is 0 Å². The van der Waals surface area contributed by atoms with Gasteiger partial charge in [0.25, 0.3) is 0 Å². The number of fused-ring (bicyclic) bond motifs is 1. The first kappa shape index (κ1) is 27.9. The number of hydrogen-bond donors (Lipinski definition) is 1. The Hall–Kier alpha value is -4.67. The van der Waals surface area contributed by atoms with Gasteiger partial charge in [0.15, 0.2) is 0 Å². The van der Waals surface area contributed by atoms with Gasteiger partial charge in [-0.15, -0.1) is 0 Å². The molecule has 1 saturated heterocycles. The molecular formula is C30H34N6O5. The van der Waals surface area contributed by atoms with Crippen molar-refractivity contribution in [2.45, 2.75) is 38.8 Å². The molecule has 1 fully saturated rings. The van der Waals surface area contributed by atoms with Gasteiger partial charge in [0.2, 0.25) is 0 Å². The predicted molar refractivity (Wildman–Crippen MR) is 154 cm³/mol. The number of amides is 2. The van der Waals surface area contributed by atoms with Crippen LogP contribution in [0.15, 0.2) is 55.0 Å². The van der Waals surface area contributed by atoms with Gasteiger partial charge in [0, 0.05) is 55.5 Å². The van der Waals surface area contributed by atoms with Crippen LogP contribution in [0.2, 0.25) is 0 Å². The number of hydrogen-bond acceptors (Lipinski definition) is 7. The number of nitrogens with zero attached hydrogens (tertiary/aromatic N) is 6. The third kappa shape index (κ3) is 5.93. The maximum atomic E-state index is 12.8. The predicted octanol–water partition coefficient (Wildman–Crippen LogP) is 4.85. The molecule has 1 aliphatic rings. The highest BCUT2D eigenvalue weighted by molar-refractivity contribution is 5.96. The average molecular weight is 559 g/mol. The Morgan fingerprint density at radius 1 is 1.07 bits per heavy atom. The zero-order chi connectivity index (χ0) is 29.3. The van der Waals surface area contributed by atoms with Crippen LogP contribution in [0.4, 0.5) is 9.59 Å². The minimum atomic E-state index is -1.04. The fourth-order valence-electron chi connectivity index (χ4n) is 5.19. The highest BCUT2D eigenvalue weighted by Gasteiger charge is 2.35. The number of piperazine rings is 1. The van der Waals surface area contributed by atoms with Gasteiger partial charge in [-0.3, -0.25) is 4.68 Å². The third-order valence-electron chi connectivity index (χ3n) is 7.00. The van der Waals surface area contributed by atoms with Crippen molar-refractivity contribution in [3.05, 3.63) is 60.6 Å². The first-order valence-corrected chi connectivity index (χ1v) is 13.4.